The Morgan fingerprint density at radius 3 is 2.04 bits per heavy atom. The lowest BCUT2D eigenvalue weighted by atomic mass is 9.85. The molecule has 1 aliphatic rings. The minimum Gasteiger partial charge on any atom is -0.497 e. The van der Waals surface area contributed by atoms with Gasteiger partial charge in [0.15, 0.2) is 5.78 Å². The molecular formula is C19H21ClO4S. The van der Waals surface area contributed by atoms with Crippen LogP contribution in [0.15, 0.2) is 51.5 Å². The Bertz CT molecular complexity index is 734. The lowest BCUT2D eigenvalue weighted by Crippen LogP contribution is -2.40. The number of carbonyl (C=O) groups is 2. The quantitative estimate of drug-likeness (QED) is 0.427. The number of carbonyl (C=O) groups excluding carboxylic acids is 2. The van der Waals surface area contributed by atoms with Crippen LogP contribution in [0.1, 0.15) is 27.7 Å². The minimum absolute atomic E-state index is 0.0251. The number of ether oxygens (including phenoxy) is 2. The number of methoxy groups -OCH3 is 1. The number of hydrogen-bond donors (Lipinski definition) is 0. The van der Waals surface area contributed by atoms with Gasteiger partial charge in [-0.1, -0.05) is 11.8 Å². The molecule has 134 valence electrons. The van der Waals surface area contributed by atoms with Crippen molar-refractivity contribution in [2.75, 3.05) is 13.0 Å². The largest absolute Gasteiger partial charge is 0.497 e. The minimum atomic E-state index is -1.08. The third kappa shape index (κ3) is 3.62. The third-order valence-electron chi connectivity index (χ3n) is 4.48. The van der Waals surface area contributed by atoms with Crippen LogP contribution in [0, 0.1) is 0 Å². The van der Waals surface area contributed by atoms with Gasteiger partial charge >= 0.3 is 5.97 Å². The second-order valence-electron chi connectivity index (χ2n) is 5.83. The summed E-state index contributed by atoms with van der Waals surface area (Å²) in [7, 11) is 1.60. The zero-order valence-corrected chi connectivity index (χ0v) is 16.5. The van der Waals surface area contributed by atoms with Gasteiger partial charge in [-0.25, -0.2) is 0 Å². The summed E-state index contributed by atoms with van der Waals surface area (Å²) in [5.41, 5.74) is 2.60. The molecule has 1 aliphatic carbocycles. The summed E-state index contributed by atoms with van der Waals surface area (Å²) in [6.07, 6.45) is 0. The molecule has 0 heterocycles. The van der Waals surface area contributed by atoms with Gasteiger partial charge in [-0.2, -0.15) is 0 Å². The number of allylic oxidation sites excluding steroid dienone is 2. The van der Waals surface area contributed by atoms with Gasteiger partial charge in [0.25, 0.3) is 0 Å². The Morgan fingerprint density at radius 1 is 1.08 bits per heavy atom. The molecular weight excluding hydrogens is 360 g/mol. The lowest BCUT2D eigenvalue weighted by Gasteiger charge is -2.39. The van der Waals surface area contributed by atoms with Gasteiger partial charge in [-0.05, 0) is 63.1 Å². The lowest BCUT2D eigenvalue weighted by molar-refractivity contribution is -0.144. The SMILES string of the molecule is COc1ccc(SC2(OC(=O)CCl)C(C)=C(C)C(=O)C(C)=C2C)cc1. The maximum Gasteiger partial charge on any atom is 0.322 e. The molecule has 0 bridgehead atoms. The number of halogens is 1. The van der Waals surface area contributed by atoms with E-state index in [1.165, 1.54) is 11.8 Å². The molecule has 1 aromatic rings. The first-order valence-electron chi connectivity index (χ1n) is 7.78. The van der Waals surface area contributed by atoms with Crippen molar-refractivity contribution < 1.29 is 19.1 Å². The Kier molecular flexibility index (Phi) is 6.01. The van der Waals surface area contributed by atoms with Crippen LogP contribution in [0.4, 0.5) is 0 Å². The maximum atomic E-state index is 12.4. The van der Waals surface area contributed by atoms with E-state index in [1.54, 1.807) is 21.0 Å². The van der Waals surface area contributed by atoms with Gasteiger partial charge in [0.2, 0.25) is 4.93 Å². The summed E-state index contributed by atoms with van der Waals surface area (Å²) in [6.45, 7) is 7.15. The number of benzene rings is 1. The molecule has 4 nitrogen and oxygen atoms in total. The van der Waals surface area contributed by atoms with Crippen molar-refractivity contribution in [3.63, 3.8) is 0 Å². The normalized spacial score (nSPS) is 17.0. The van der Waals surface area contributed by atoms with Gasteiger partial charge in [-0.15, -0.1) is 11.6 Å². The molecule has 25 heavy (non-hydrogen) atoms. The van der Waals surface area contributed by atoms with E-state index in [9.17, 15) is 9.59 Å². The predicted molar refractivity (Wildman–Crippen MR) is 100 cm³/mol. The van der Waals surface area contributed by atoms with Crippen molar-refractivity contribution in [3.8, 4) is 5.75 Å². The molecule has 0 fully saturated rings. The topological polar surface area (TPSA) is 52.6 Å². The van der Waals surface area contributed by atoms with Gasteiger partial charge in [0, 0.05) is 16.0 Å². The van der Waals surface area contributed by atoms with E-state index in [2.05, 4.69) is 0 Å². The molecule has 0 unspecified atom stereocenters. The average Bonchev–Trinajstić information content (AvgIpc) is 2.63. The fourth-order valence-electron chi connectivity index (χ4n) is 2.72. The maximum absolute atomic E-state index is 12.4. The summed E-state index contributed by atoms with van der Waals surface area (Å²) >= 11 is 7.05. The van der Waals surface area contributed by atoms with Crippen LogP contribution < -0.4 is 4.74 Å². The zero-order chi connectivity index (χ0) is 18.8. The number of hydrogen-bond acceptors (Lipinski definition) is 5. The molecule has 0 aliphatic heterocycles. The molecule has 1 aromatic carbocycles. The Hall–Kier alpha value is -1.72. The van der Waals surface area contributed by atoms with Crippen LogP contribution in [-0.4, -0.2) is 29.7 Å². The zero-order valence-electron chi connectivity index (χ0n) is 14.9. The summed E-state index contributed by atoms with van der Waals surface area (Å²) in [4.78, 5) is 24.3. The van der Waals surface area contributed by atoms with Crippen molar-refractivity contribution >= 4 is 35.1 Å². The number of alkyl halides is 1. The van der Waals surface area contributed by atoms with Crippen LogP contribution >= 0.6 is 23.4 Å². The summed E-state index contributed by atoms with van der Waals surface area (Å²) in [5, 5.41) is 0. The summed E-state index contributed by atoms with van der Waals surface area (Å²) < 4.78 is 11.0. The fourth-order valence-corrected chi connectivity index (χ4v) is 4.13. The van der Waals surface area contributed by atoms with Crippen molar-refractivity contribution in [2.45, 2.75) is 37.5 Å². The number of Topliss-reactive ketones (excluding diaryl/α,β-unsaturated/α-hetero) is 1. The van der Waals surface area contributed by atoms with Gasteiger partial charge in [0.05, 0.1) is 7.11 Å². The molecule has 6 heteroatoms. The highest BCUT2D eigenvalue weighted by Gasteiger charge is 2.45. The molecule has 0 saturated carbocycles. The first kappa shape index (κ1) is 19.6. The molecule has 0 saturated heterocycles. The molecule has 0 amide bonds. The Morgan fingerprint density at radius 2 is 1.60 bits per heavy atom. The molecule has 0 aromatic heterocycles. The molecule has 2 rings (SSSR count). The van der Waals surface area contributed by atoms with Crippen molar-refractivity contribution in [1.29, 1.82) is 0 Å². The first-order chi connectivity index (χ1) is 11.8. The van der Waals surface area contributed by atoms with E-state index in [4.69, 9.17) is 21.1 Å². The fraction of sp³-hybridized carbons (Fsp3) is 0.368. The van der Waals surface area contributed by atoms with E-state index in [1.807, 2.05) is 38.1 Å². The molecule has 0 spiro atoms. The number of thioether (sulfide) groups is 1. The van der Waals surface area contributed by atoms with E-state index in [0.717, 1.165) is 10.6 Å². The Labute approximate surface area is 157 Å². The summed E-state index contributed by atoms with van der Waals surface area (Å²) in [5.74, 6) is -0.0709. The average molecular weight is 381 g/mol. The van der Waals surface area contributed by atoms with Crippen LogP contribution in [0.2, 0.25) is 0 Å². The summed E-state index contributed by atoms with van der Waals surface area (Å²) in [6, 6.07) is 7.46. The highest BCUT2D eigenvalue weighted by molar-refractivity contribution is 8.01. The predicted octanol–water partition coefficient (Wildman–Crippen LogP) is 4.52. The number of ketones is 1. The smallest absolute Gasteiger partial charge is 0.322 e. The highest BCUT2D eigenvalue weighted by atomic mass is 35.5. The van der Waals surface area contributed by atoms with E-state index in [-0.39, 0.29) is 11.7 Å². The monoisotopic (exact) mass is 380 g/mol. The van der Waals surface area contributed by atoms with Crippen molar-refractivity contribution in [1.82, 2.24) is 0 Å². The number of esters is 1. The van der Waals surface area contributed by atoms with Gasteiger partial charge in [-0.3, -0.25) is 9.59 Å². The van der Waals surface area contributed by atoms with Gasteiger partial charge in [0.1, 0.15) is 11.6 Å². The van der Waals surface area contributed by atoms with Crippen molar-refractivity contribution in [3.05, 3.63) is 46.6 Å². The Balaban J connectivity index is 2.57. The number of rotatable bonds is 5. The second kappa shape index (κ2) is 7.67. The van der Waals surface area contributed by atoms with E-state index < -0.39 is 10.9 Å². The molecule has 0 atom stereocenters. The highest BCUT2D eigenvalue weighted by Crippen LogP contribution is 2.49. The molecule has 0 N–H and O–H groups in total. The van der Waals surface area contributed by atoms with Crippen molar-refractivity contribution in [2.24, 2.45) is 0 Å². The molecule has 0 radical (unpaired) electrons. The van der Waals surface area contributed by atoms with Crippen LogP contribution in [0.25, 0.3) is 0 Å². The second-order valence-corrected chi connectivity index (χ2v) is 7.35. The van der Waals surface area contributed by atoms with Crippen LogP contribution in [0.5, 0.6) is 5.75 Å². The first-order valence-corrected chi connectivity index (χ1v) is 9.13. The van der Waals surface area contributed by atoms with Crippen LogP contribution in [0.3, 0.4) is 0 Å². The van der Waals surface area contributed by atoms with E-state index in [0.29, 0.717) is 22.3 Å². The van der Waals surface area contributed by atoms with Crippen LogP contribution in [-0.2, 0) is 14.3 Å². The van der Waals surface area contributed by atoms with E-state index >= 15 is 0 Å². The van der Waals surface area contributed by atoms with Gasteiger partial charge < -0.3 is 9.47 Å². The third-order valence-corrected chi connectivity index (χ3v) is 6.19. The standard InChI is InChI=1S/C19H21ClO4S/c1-11-13(3)19(24-17(21)10-20,14(4)12(2)18(11)22)25-16-8-6-15(23-5)7-9-16/h6-9H,10H2,1-5H3.